The molecule has 1 N–H and O–H groups in total. The number of nitrogens with one attached hydrogen (secondary N) is 1. The Balaban J connectivity index is 1.95. The third-order valence-electron chi connectivity index (χ3n) is 2.93. The van der Waals surface area contributed by atoms with E-state index in [0.29, 0.717) is 24.7 Å². The quantitative estimate of drug-likeness (QED) is 0.795. The van der Waals surface area contributed by atoms with Crippen molar-refractivity contribution in [3.8, 4) is 11.5 Å². The van der Waals surface area contributed by atoms with Gasteiger partial charge >= 0.3 is 0 Å². The standard InChI is InChI=1S/C17H19NO3S/c1-3-21-15-8-6-13(11-16(15)20-2)7-9-17(19)18-12-14-5-4-10-22-14/h4-11H,3,12H2,1-2H3,(H,18,19). The van der Waals surface area contributed by atoms with E-state index in [0.717, 1.165) is 10.4 Å². The number of methoxy groups -OCH3 is 1. The highest BCUT2D eigenvalue weighted by Gasteiger charge is 2.04. The number of carbonyl (C=O) groups is 1. The van der Waals surface area contributed by atoms with E-state index in [1.165, 1.54) is 6.08 Å². The van der Waals surface area contributed by atoms with Gasteiger partial charge in [0.25, 0.3) is 0 Å². The third kappa shape index (κ3) is 4.63. The lowest BCUT2D eigenvalue weighted by Gasteiger charge is -2.09. The minimum Gasteiger partial charge on any atom is -0.493 e. The van der Waals surface area contributed by atoms with Crippen LogP contribution in [0.5, 0.6) is 11.5 Å². The van der Waals surface area contributed by atoms with Gasteiger partial charge in [0.1, 0.15) is 0 Å². The number of amides is 1. The molecule has 0 bridgehead atoms. The van der Waals surface area contributed by atoms with Crippen LogP contribution in [0.3, 0.4) is 0 Å². The molecule has 5 heteroatoms. The molecular weight excluding hydrogens is 298 g/mol. The van der Waals surface area contributed by atoms with E-state index in [-0.39, 0.29) is 5.91 Å². The van der Waals surface area contributed by atoms with Crippen molar-refractivity contribution in [1.29, 1.82) is 0 Å². The first-order chi connectivity index (χ1) is 10.7. The maximum Gasteiger partial charge on any atom is 0.244 e. The molecule has 0 atom stereocenters. The SMILES string of the molecule is CCOc1ccc(C=CC(=O)NCc2cccs2)cc1OC. The summed E-state index contributed by atoms with van der Waals surface area (Å²) in [5, 5.41) is 4.83. The van der Waals surface area contributed by atoms with E-state index < -0.39 is 0 Å². The average Bonchev–Trinajstić information content (AvgIpc) is 3.05. The van der Waals surface area contributed by atoms with Crippen LogP contribution < -0.4 is 14.8 Å². The molecule has 0 radical (unpaired) electrons. The first-order valence-electron chi connectivity index (χ1n) is 7.02. The van der Waals surface area contributed by atoms with E-state index in [9.17, 15) is 4.79 Å². The van der Waals surface area contributed by atoms with Crippen molar-refractivity contribution in [1.82, 2.24) is 5.32 Å². The summed E-state index contributed by atoms with van der Waals surface area (Å²) in [7, 11) is 1.60. The van der Waals surface area contributed by atoms with Crippen LogP contribution >= 0.6 is 11.3 Å². The van der Waals surface area contributed by atoms with Gasteiger partial charge in [0, 0.05) is 11.0 Å². The number of benzene rings is 1. The van der Waals surface area contributed by atoms with Crippen molar-refractivity contribution in [2.75, 3.05) is 13.7 Å². The van der Waals surface area contributed by atoms with Crippen molar-refractivity contribution in [3.05, 3.63) is 52.2 Å². The molecule has 0 aliphatic rings. The van der Waals surface area contributed by atoms with Crippen molar-refractivity contribution < 1.29 is 14.3 Å². The van der Waals surface area contributed by atoms with Crippen LogP contribution in [-0.2, 0) is 11.3 Å². The number of thiophene rings is 1. The van der Waals surface area contributed by atoms with Gasteiger partial charge in [-0.25, -0.2) is 0 Å². The molecule has 0 unspecified atom stereocenters. The summed E-state index contributed by atoms with van der Waals surface area (Å²) < 4.78 is 10.7. The van der Waals surface area contributed by atoms with Crippen molar-refractivity contribution in [2.24, 2.45) is 0 Å². The molecule has 0 saturated carbocycles. The minimum atomic E-state index is -0.124. The minimum absolute atomic E-state index is 0.124. The monoisotopic (exact) mass is 317 g/mol. The summed E-state index contributed by atoms with van der Waals surface area (Å²) in [5.74, 6) is 1.23. The van der Waals surface area contributed by atoms with Gasteiger partial charge < -0.3 is 14.8 Å². The summed E-state index contributed by atoms with van der Waals surface area (Å²) in [6, 6.07) is 9.52. The zero-order valence-corrected chi connectivity index (χ0v) is 13.5. The smallest absolute Gasteiger partial charge is 0.244 e. The Morgan fingerprint density at radius 2 is 2.18 bits per heavy atom. The Hall–Kier alpha value is -2.27. The lowest BCUT2D eigenvalue weighted by molar-refractivity contribution is -0.116. The van der Waals surface area contributed by atoms with Gasteiger partial charge in [-0.3, -0.25) is 4.79 Å². The van der Waals surface area contributed by atoms with Crippen LogP contribution in [0.1, 0.15) is 17.4 Å². The molecule has 0 aliphatic carbocycles. The fourth-order valence-corrected chi connectivity index (χ4v) is 2.53. The molecule has 0 aliphatic heterocycles. The van der Waals surface area contributed by atoms with Gasteiger partial charge in [-0.05, 0) is 42.1 Å². The van der Waals surface area contributed by atoms with Crippen LogP contribution in [0.15, 0.2) is 41.8 Å². The molecular formula is C17H19NO3S. The van der Waals surface area contributed by atoms with Crippen LogP contribution in [0.2, 0.25) is 0 Å². The predicted octanol–water partition coefficient (Wildman–Crippen LogP) is 3.49. The number of hydrogen-bond acceptors (Lipinski definition) is 4. The zero-order valence-electron chi connectivity index (χ0n) is 12.7. The van der Waals surface area contributed by atoms with Crippen LogP contribution in [0.25, 0.3) is 6.08 Å². The fourth-order valence-electron chi connectivity index (χ4n) is 1.88. The molecule has 4 nitrogen and oxygen atoms in total. The topological polar surface area (TPSA) is 47.6 Å². The zero-order chi connectivity index (χ0) is 15.8. The Morgan fingerprint density at radius 1 is 1.32 bits per heavy atom. The summed E-state index contributed by atoms with van der Waals surface area (Å²) in [6.45, 7) is 3.05. The third-order valence-corrected chi connectivity index (χ3v) is 3.81. The Kier molecular flexibility index (Phi) is 6.03. The molecule has 2 aromatic rings. The summed E-state index contributed by atoms with van der Waals surface area (Å²) in [6.07, 6.45) is 3.27. The summed E-state index contributed by atoms with van der Waals surface area (Å²) >= 11 is 1.62. The molecule has 2 rings (SSSR count). The van der Waals surface area contributed by atoms with E-state index in [1.807, 2.05) is 42.6 Å². The highest BCUT2D eigenvalue weighted by Crippen LogP contribution is 2.28. The second kappa shape index (κ2) is 8.24. The van der Waals surface area contributed by atoms with Gasteiger partial charge in [-0.1, -0.05) is 12.1 Å². The van der Waals surface area contributed by atoms with Crippen molar-refractivity contribution in [3.63, 3.8) is 0 Å². The molecule has 116 valence electrons. The lowest BCUT2D eigenvalue weighted by atomic mass is 10.2. The second-order valence-electron chi connectivity index (χ2n) is 4.47. The van der Waals surface area contributed by atoms with E-state index in [1.54, 1.807) is 24.5 Å². The molecule has 22 heavy (non-hydrogen) atoms. The van der Waals surface area contributed by atoms with Crippen molar-refractivity contribution >= 4 is 23.3 Å². The molecule has 0 saturated heterocycles. The summed E-state index contributed by atoms with van der Waals surface area (Å²) in [4.78, 5) is 12.9. The first kappa shape index (κ1) is 16.1. The normalized spacial score (nSPS) is 10.6. The number of ether oxygens (including phenoxy) is 2. The summed E-state index contributed by atoms with van der Waals surface area (Å²) in [5.41, 5.74) is 0.881. The maximum atomic E-state index is 11.8. The predicted molar refractivity (Wildman–Crippen MR) is 89.4 cm³/mol. The van der Waals surface area contributed by atoms with Gasteiger partial charge in [0.15, 0.2) is 11.5 Å². The highest BCUT2D eigenvalue weighted by molar-refractivity contribution is 7.09. The fraction of sp³-hybridized carbons (Fsp3) is 0.235. The average molecular weight is 317 g/mol. The van der Waals surface area contributed by atoms with Crippen LogP contribution in [0.4, 0.5) is 0 Å². The van der Waals surface area contributed by atoms with Crippen LogP contribution in [0, 0.1) is 0 Å². The Labute approximate surface area is 134 Å². The largest absolute Gasteiger partial charge is 0.493 e. The van der Waals surface area contributed by atoms with Gasteiger partial charge in [-0.2, -0.15) is 0 Å². The Morgan fingerprint density at radius 3 is 2.86 bits per heavy atom. The second-order valence-corrected chi connectivity index (χ2v) is 5.51. The maximum absolute atomic E-state index is 11.8. The van der Waals surface area contributed by atoms with Gasteiger partial charge in [0.05, 0.1) is 20.3 Å². The number of hydrogen-bond donors (Lipinski definition) is 1. The molecule has 1 aromatic carbocycles. The lowest BCUT2D eigenvalue weighted by Crippen LogP contribution is -2.19. The highest BCUT2D eigenvalue weighted by atomic mass is 32.1. The molecule has 1 heterocycles. The van der Waals surface area contributed by atoms with E-state index in [2.05, 4.69) is 5.32 Å². The Bertz CT molecular complexity index is 635. The van der Waals surface area contributed by atoms with E-state index >= 15 is 0 Å². The molecule has 1 aromatic heterocycles. The molecule has 1 amide bonds. The van der Waals surface area contributed by atoms with Crippen molar-refractivity contribution in [2.45, 2.75) is 13.5 Å². The number of rotatable bonds is 7. The van der Waals surface area contributed by atoms with Gasteiger partial charge in [-0.15, -0.1) is 11.3 Å². The van der Waals surface area contributed by atoms with Gasteiger partial charge in [0.2, 0.25) is 5.91 Å². The van der Waals surface area contributed by atoms with E-state index in [4.69, 9.17) is 9.47 Å². The first-order valence-corrected chi connectivity index (χ1v) is 7.90. The molecule has 0 spiro atoms. The number of carbonyl (C=O) groups excluding carboxylic acids is 1. The molecule has 0 fully saturated rings. The van der Waals surface area contributed by atoms with Crippen LogP contribution in [-0.4, -0.2) is 19.6 Å².